The summed E-state index contributed by atoms with van der Waals surface area (Å²) in [5, 5.41) is 17.6. The zero-order chi connectivity index (χ0) is 15.4. The number of aliphatic carboxylic acids is 2. The van der Waals surface area contributed by atoms with Crippen molar-refractivity contribution in [3.63, 3.8) is 0 Å². The first-order chi connectivity index (χ1) is 9.97. The van der Waals surface area contributed by atoms with E-state index in [-0.39, 0.29) is 5.92 Å². The molecule has 1 aromatic carbocycles. The molecule has 6 nitrogen and oxygen atoms in total. The number of carboxylic acid groups (broad SMARTS) is 2. The molecular weight excluding hydrogens is 274 g/mol. The van der Waals surface area contributed by atoms with Gasteiger partial charge in [0, 0.05) is 5.92 Å². The van der Waals surface area contributed by atoms with E-state index < -0.39 is 30.9 Å². The predicted octanol–water partition coefficient (Wildman–Crippen LogP) is 0.789. The molecule has 2 N–H and O–H groups in total. The second-order valence-corrected chi connectivity index (χ2v) is 5.19. The third kappa shape index (κ3) is 3.81. The van der Waals surface area contributed by atoms with Crippen LogP contribution in [0.3, 0.4) is 0 Å². The second kappa shape index (κ2) is 6.39. The molecule has 0 spiro atoms. The Bertz CT molecular complexity index is 553. The third-order valence-corrected chi connectivity index (χ3v) is 3.66. The van der Waals surface area contributed by atoms with E-state index in [4.69, 9.17) is 10.2 Å². The van der Waals surface area contributed by atoms with Gasteiger partial charge >= 0.3 is 11.9 Å². The Morgan fingerprint density at radius 3 is 2.19 bits per heavy atom. The van der Waals surface area contributed by atoms with Crippen molar-refractivity contribution in [2.75, 3.05) is 13.1 Å². The van der Waals surface area contributed by atoms with Crippen molar-refractivity contribution in [3.05, 3.63) is 35.4 Å². The van der Waals surface area contributed by atoms with Gasteiger partial charge in [0.15, 0.2) is 0 Å². The minimum atomic E-state index is -1.21. The van der Waals surface area contributed by atoms with Crippen molar-refractivity contribution in [1.29, 1.82) is 0 Å². The Morgan fingerprint density at radius 2 is 1.62 bits per heavy atom. The summed E-state index contributed by atoms with van der Waals surface area (Å²) in [4.78, 5) is 34.9. The van der Waals surface area contributed by atoms with Crippen LogP contribution in [0.25, 0.3) is 0 Å². The second-order valence-electron chi connectivity index (χ2n) is 5.19. The van der Waals surface area contributed by atoms with Crippen LogP contribution in [-0.4, -0.2) is 46.0 Å². The molecule has 1 unspecified atom stereocenters. The Labute approximate surface area is 122 Å². The summed E-state index contributed by atoms with van der Waals surface area (Å²) in [6.45, 7) is -1.16. The molecule has 1 atom stereocenters. The number of rotatable bonds is 5. The smallest absolute Gasteiger partial charge is 0.323 e. The first-order valence-electron chi connectivity index (χ1n) is 6.76. The zero-order valence-electron chi connectivity index (χ0n) is 11.5. The highest BCUT2D eigenvalue weighted by molar-refractivity contribution is 5.86. The molecule has 6 heteroatoms. The standard InChI is InChI=1S/C15H17NO5/c17-13(18)8-16(9-14(19)20)15(21)12-6-5-10-3-1-2-4-11(10)7-12/h1-4,12H,5-9H2,(H,17,18)(H,19,20). The monoisotopic (exact) mass is 291 g/mol. The summed E-state index contributed by atoms with van der Waals surface area (Å²) < 4.78 is 0. The minimum absolute atomic E-state index is 0.349. The lowest BCUT2D eigenvalue weighted by Gasteiger charge is -2.28. The van der Waals surface area contributed by atoms with Crippen LogP contribution in [0.4, 0.5) is 0 Å². The van der Waals surface area contributed by atoms with Gasteiger partial charge in [-0.05, 0) is 30.4 Å². The number of carbonyl (C=O) groups is 3. The van der Waals surface area contributed by atoms with E-state index in [0.29, 0.717) is 12.8 Å². The molecule has 2 rings (SSSR count). The number of nitrogens with zero attached hydrogens (tertiary/aromatic N) is 1. The molecule has 1 amide bonds. The average Bonchev–Trinajstić information content (AvgIpc) is 2.44. The number of fused-ring (bicyclic) bond motifs is 1. The molecular formula is C15H17NO5. The maximum Gasteiger partial charge on any atom is 0.323 e. The van der Waals surface area contributed by atoms with Gasteiger partial charge in [-0.25, -0.2) is 0 Å². The number of carbonyl (C=O) groups excluding carboxylic acids is 1. The molecule has 0 saturated carbocycles. The molecule has 112 valence electrons. The number of aryl methyl sites for hydroxylation is 1. The van der Waals surface area contributed by atoms with Crippen LogP contribution in [0.5, 0.6) is 0 Å². The lowest BCUT2D eigenvalue weighted by atomic mass is 9.83. The van der Waals surface area contributed by atoms with Crippen molar-refractivity contribution in [3.8, 4) is 0 Å². The van der Waals surface area contributed by atoms with Gasteiger partial charge in [-0.15, -0.1) is 0 Å². The van der Waals surface area contributed by atoms with Crippen molar-refractivity contribution in [2.24, 2.45) is 5.92 Å². The topological polar surface area (TPSA) is 94.9 Å². The Balaban J connectivity index is 2.11. The molecule has 1 aliphatic rings. The van der Waals surface area contributed by atoms with Crippen LogP contribution < -0.4 is 0 Å². The largest absolute Gasteiger partial charge is 0.480 e. The molecule has 1 aliphatic carbocycles. The first kappa shape index (κ1) is 15.0. The van der Waals surface area contributed by atoms with E-state index in [1.165, 1.54) is 5.56 Å². The maximum atomic E-state index is 12.4. The van der Waals surface area contributed by atoms with E-state index in [9.17, 15) is 14.4 Å². The Hall–Kier alpha value is -2.37. The molecule has 0 aliphatic heterocycles. The van der Waals surface area contributed by atoms with Gasteiger partial charge in [-0.2, -0.15) is 0 Å². The number of benzene rings is 1. The molecule has 0 bridgehead atoms. The van der Waals surface area contributed by atoms with Crippen molar-refractivity contribution < 1.29 is 24.6 Å². The highest BCUT2D eigenvalue weighted by Crippen LogP contribution is 2.26. The van der Waals surface area contributed by atoms with Gasteiger partial charge in [0.1, 0.15) is 13.1 Å². The van der Waals surface area contributed by atoms with Crippen LogP contribution in [0, 0.1) is 5.92 Å². The normalized spacial score (nSPS) is 16.9. The molecule has 0 saturated heterocycles. The summed E-state index contributed by atoms with van der Waals surface area (Å²) in [7, 11) is 0. The van der Waals surface area contributed by atoms with Crippen molar-refractivity contribution >= 4 is 17.8 Å². The van der Waals surface area contributed by atoms with Gasteiger partial charge in [0.05, 0.1) is 0 Å². The summed E-state index contributed by atoms with van der Waals surface area (Å²) in [5.41, 5.74) is 2.28. The summed E-state index contributed by atoms with van der Waals surface area (Å²) in [5.74, 6) is -3.16. The predicted molar refractivity (Wildman–Crippen MR) is 73.8 cm³/mol. The third-order valence-electron chi connectivity index (χ3n) is 3.66. The van der Waals surface area contributed by atoms with E-state index >= 15 is 0 Å². The fourth-order valence-corrected chi connectivity index (χ4v) is 2.71. The van der Waals surface area contributed by atoms with Gasteiger partial charge < -0.3 is 15.1 Å². The maximum absolute atomic E-state index is 12.4. The average molecular weight is 291 g/mol. The Morgan fingerprint density at radius 1 is 1.05 bits per heavy atom. The van der Waals surface area contributed by atoms with Gasteiger partial charge in [0.2, 0.25) is 5.91 Å². The van der Waals surface area contributed by atoms with Gasteiger partial charge in [-0.1, -0.05) is 24.3 Å². The highest BCUT2D eigenvalue weighted by atomic mass is 16.4. The summed E-state index contributed by atoms with van der Waals surface area (Å²) in [6.07, 6.45) is 1.90. The van der Waals surface area contributed by atoms with Crippen LogP contribution in [-0.2, 0) is 27.2 Å². The van der Waals surface area contributed by atoms with Crippen LogP contribution in [0.2, 0.25) is 0 Å². The molecule has 1 aromatic rings. The number of amides is 1. The minimum Gasteiger partial charge on any atom is -0.480 e. The van der Waals surface area contributed by atoms with E-state index in [2.05, 4.69) is 0 Å². The molecule has 21 heavy (non-hydrogen) atoms. The van der Waals surface area contributed by atoms with E-state index in [1.54, 1.807) is 0 Å². The SMILES string of the molecule is O=C(O)CN(CC(=O)O)C(=O)C1CCc2ccccc2C1. The van der Waals surface area contributed by atoms with Crippen LogP contribution in [0.15, 0.2) is 24.3 Å². The molecule has 0 heterocycles. The molecule has 0 aromatic heterocycles. The van der Waals surface area contributed by atoms with Gasteiger partial charge in [0.25, 0.3) is 0 Å². The van der Waals surface area contributed by atoms with Crippen LogP contribution >= 0.6 is 0 Å². The zero-order valence-corrected chi connectivity index (χ0v) is 11.5. The fourth-order valence-electron chi connectivity index (χ4n) is 2.71. The highest BCUT2D eigenvalue weighted by Gasteiger charge is 2.30. The Kier molecular flexibility index (Phi) is 4.57. The lowest BCUT2D eigenvalue weighted by molar-refractivity contribution is -0.151. The van der Waals surface area contributed by atoms with E-state index in [0.717, 1.165) is 16.9 Å². The molecule has 0 fully saturated rings. The molecule has 0 radical (unpaired) electrons. The summed E-state index contributed by atoms with van der Waals surface area (Å²) >= 11 is 0. The van der Waals surface area contributed by atoms with Gasteiger partial charge in [-0.3, -0.25) is 14.4 Å². The van der Waals surface area contributed by atoms with Crippen LogP contribution in [0.1, 0.15) is 17.5 Å². The van der Waals surface area contributed by atoms with Crippen molar-refractivity contribution in [1.82, 2.24) is 4.90 Å². The quantitative estimate of drug-likeness (QED) is 0.836. The first-order valence-corrected chi connectivity index (χ1v) is 6.76. The summed E-state index contributed by atoms with van der Waals surface area (Å²) in [6, 6.07) is 7.82. The number of hydrogen-bond acceptors (Lipinski definition) is 3. The van der Waals surface area contributed by atoms with E-state index in [1.807, 2.05) is 24.3 Å². The number of hydrogen-bond donors (Lipinski definition) is 2. The lowest BCUT2D eigenvalue weighted by Crippen LogP contribution is -2.44. The fraction of sp³-hybridized carbons (Fsp3) is 0.400. The van der Waals surface area contributed by atoms with Crippen molar-refractivity contribution in [2.45, 2.75) is 19.3 Å². The number of carboxylic acids is 2.